The minimum atomic E-state index is 0.601. The summed E-state index contributed by atoms with van der Waals surface area (Å²) in [5, 5.41) is 1.33. The molecule has 0 spiro atoms. The van der Waals surface area contributed by atoms with Crippen LogP contribution in [0.5, 0.6) is 0 Å². The zero-order chi connectivity index (χ0) is 10.8. The number of nitrogens with zero attached hydrogens (tertiary/aromatic N) is 1. The van der Waals surface area contributed by atoms with Gasteiger partial charge in [0.15, 0.2) is 5.13 Å². The van der Waals surface area contributed by atoms with Gasteiger partial charge in [-0.1, -0.05) is 35.1 Å². The Bertz CT molecular complexity index is 465. The molecule has 0 bridgehead atoms. The second-order valence-electron chi connectivity index (χ2n) is 2.90. The third-order valence-corrected chi connectivity index (χ3v) is 4.16. The van der Waals surface area contributed by atoms with Gasteiger partial charge in [-0.05, 0) is 18.4 Å². The van der Waals surface area contributed by atoms with Crippen LogP contribution in [0.1, 0.15) is 0 Å². The third kappa shape index (κ3) is 2.27. The van der Waals surface area contributed by atoms with Gasteiger partial charge in [-0.15, -0.1) is 11.8 Å². The van der Waals surface area contributed by atoms with E-state index in [-0.39, 0.29) is 0 Å². The fourth-order valence-electron chi connectivity index (χ4n) is 1.25. The molecule has 78 valence electrons. The third-order valence-electron chi connectivity index (χ3n) is 1.92. The SMILES string of the molecule is CSc1sc(N)nc1-c1ccc(Cl)cc1. The van der Waals surface area contributed by atoms with Gasteiger partial charge in [-0.25, -0.2) is 4.98 Å². The molecule has 1 aromatic heterocycles. The first kappa shape index (κ1) is 10.8. The predicted octanol–water partition coefficient (Wildman–Crippen LogP) is 3.77. The number of aromatic nitrogens is 1. The van der Waals surface area contributed by atoms with Crippen LogP contribution in [-0.2, 0) is 0 Å². The number of thiazole rings is 1. The molecule has 0 radical (unpaired) electrons. The van der Waals surface area contributed by atoms with Crippen molar-refractivity contribution in [1.82, 2.24) is 4.98 Å². The highest BCUT2D eigenvalue weighted by molar-refractivity contribution is 8.00. The summed E-state index contributed by atoms with van der Waals surface area (Å²) in [5.41, 5.74) is 7.69. The summed E-state index contributed by atoms with van der Waals surface area (Å²) in [6.45, 7) is 0. The summed E-state index contributed by atoms with van der Waals surface area (Å²) in [6.07, 6.45) is 2.02. The van der Waals surface area contributed by atoms with Crippen LogP contribution in [0.2, 0.25) is 5.02 Å². The van der Waals surface area contributed by atoms with Crippen molar-refractivity contribution in [3.8, 4) is 11.3 Å². The maximum atomic E-state index is 5.83. The van der Waals surface area contributed by atoms with Gasteiger partial charge in [-0.3, -0.25) is 0 Å². The molecule has 1 aromatic carbocycles. The Labute approximate surface area is 101 Å². The zero-order valence-electron chi connectivity index (χ0n) is 8.03. The molecule has 2 rings (SSSR count). The van der Waals surface area contributed by atoms with Crippen molar-refractivity contribution < 1.29 is 0 Å². The number of nitrogens with two attached hydrogens (primary N) is 1. The molecule has 0 aliphatic carbocycles. The van der Waals surface area contributed by atoms with E-state index in [2.05, 4.69) is 4.98 Å². The van der Waals surface area contributed by atoms with Crippen LogP contribution in [0, 0.1) is 0 Å². The van der Waals surface area contributed by atoms with Crippen molar-refractivity contribution in [2.45, 2.75) is 4.21 Å². The molecule has 0 aliphatic rings. The normalized spacial score (nSPS) is 10.5. The lowest BCUT2D eigenvalue weighted by molar-refractivity contribution is 1.37. The first-order valence-corrected chi connectivity index (χ1v) is 6.69. The van der Waals surface area contributed by atoms with Crippen LogP contribution in [0.25, 0.3) is 11.3 Å². The quantitative estimate of drug-likeness (QED) is 0.832. The van der Waals surface area contributed by atoms with Gasteiger partial charge >= 0.3 is 0 Å². The van der Waals surface area contributed by atoms with Crippen molar-refractivity contribution in [2.24, 2.45) is 0 Å². The Morgan fingerprint density at radius 2 is 2.00 bits per heavy atom. The summed E-state index contributed by atoms with van der Waals surface area (Å²) in [4.78, 5) is 4.31. The summed E-state index contributed by atoms with van der Waals surface area (Å²) < 4.78 is 1.13. The highest BCUT2D eigenvalue weighted by Crippen LogP contribution is 2.36. The number of anilines is 1. The van der Waals surface area contributed by atoms with Crippen molar-refractivity contribution in [3.63, 3.8) is 0 Å². The summed E-state index contributed by atoms with van der Waals surface area (Å²) in [5.74, 6) is 0. The number of halogens is 1. The fourth-order valence-corrected chi connectivity index (χ4v) is 2.91. The summed E-state index contributed by atoms with van der Waals surface area (Å²) in [7, 11) is 0. The van der Waals surface area contributed by atoms with E-state index >= 15 is 0 Å². The molecule has 5 heteroatoms. The Morgan fingerprint density at radius 3 is 2.60 bits per heavy atom. The number of thioether (sulfide) groups is 1. The molecule has 0 unspecified atom stereocenters. The molecule has 0 saturated heterocycles. The molecule has 2 nitrogen and oxygen atoms in total. The molecule has 0 saturated carbocycles. The second-order valence-corrected chi connectivity index (χ2v) is 5.44. The Hall–Kier alpha value is -0.710. The lowest BCUT2D eigenvalue weighted by Crippen LogP contribution is -1.83. The highest BCUT2D eigenvalue weighted by atomic mass is 35.5. The largest absolute Gasteiger partial charge is 0.375 e. The monoisotopic (exact) mass is 256 g/mol. The standard InChI is InChI=1S/C10H9ClN2S2/c1-14-9-8(13-10(12)15-9)6-2-4-7(11)5-3-6/h2-5H,1H3,(H2,12,13). The number of nitrogen functional groups attached to an aromatic ring is 1. The van der Waals surface area contributed by atoms with Crippen molar-refractivity contribution in [2.75, 3.05) is 12.0 Å². The van der Waals surface area contributed by atoms with E-state index in [1.165, 1.54) is 11.3 Å². The average molecular weight is 257 g/mol. The summed E-state index contributed by atoms with van der Waals surface area (Å²) >= 11 is 9.00. The van der Waals surface area contributed by atoms with Crippen molar-refractivity contribution in [1.29, 1.82) is 0 Å². The number of rotatable bonds is 2. The lowest BCUT2D eigenvalue weighted by Gasteiger charge is -1.99. The predicted molar refractivity (Wildman–Crippen MR) is 68.8 cm³/mol. The molecule has 0 fully saturated rings. The first-order chi connectivity index (χ1) is 7.20. The van der Waals surface area contributed by atoms with Crippen molar-refractivity contribution in [3.05, 3.63) is 29.3 Å². The average Bonchev–Trinajstić information content (AvgIpc) is 2.61. The van der Waals surface area contributed by atoms with Gasteiger partial charge in [0.05, 0.1) is 9.90 Å². The van der Waals surface area contributed by atoms with Crippen LogP contribution in [0.3, 0.4) is 0 Å². The Balaban J connectivity index is 2.48. The molecule has 2 aromatic rings. The van der Waals surface area contributed by atoms with Gasteiger partial charge in [0.25, 0.3) is 0 Å². The Kier molecular flexibility index (Phi) is 3.19. The van der Waals surface area contributed by atoms with Gasteiger partial charge in [0.1, 0.15) is 0 Å². The molecule has 0 aliphatic heterocycles. The minimum Gasteiger partial charge on any atom is -0.375 e. The molecule has 2 N–H and O–H groups in total. The van der Waals surface area contributed by atoms with Crippen LogP contribution < -0.4 is 5.73 Å². The Morgan fingerprint density at radius 1 is 1.33 bits per heavy atom. The maximum Gasteiger partial charge on any atom is 0.181 e. The van der Waals surface area contributed by atoms with Crippen molar-refractivity contribution >= 4 is 39.8 Å². The topological polar surface area (TPSA) is 38.9 Å². The molecule has 15 heavy (non-hydrogen) atoms. The molecular formula is C10H9ClN2S2. The molecule has 0 amide bonds. The van der Waals surface area contributed by atoms with Crippen LogP contribution in [0.15, 0.2) is 28.5 Å². The highest BCUT2D eigenvalue weighted by Gasteiger charge is 2.10. The number of hydrogen-bond acceptors (Lipinski definition) is 4. The van der Waals surface area contributed by atoms with Gasteiger partial charge in [-0.2, -0.15) is 0 Å². The zero-order valence-corrected chi connectivity index (χ0v) is 10.4. The van der Waals surface area contributed by atoms with Gasteiger partial charge < -0.3 is 5.73 Å². The van der Waals surface area contributed by atoms with E-state index in [1.54, 1.807) is 11.8 Å². The van der Waals surface area contributed by atoms with Crippen LogP contribution in [-0.4, -0.2) is 11.2 Å². The van der Waals surface area contributed by atoms with Gasteiger partial charge in [0.2, 0.25) is 0 Å². The first-order valence-electron chi connectivity index (χ1n) is 4.27. The van der Waals surface area contributed by atoms with Crippen LogP contribution in [0.4, 0.5) is 5.13 Å². The van der Waals surface area contributed by atoms with E-state index in [1.807, 2.05) is 30.5 Å². The lowest BCUT2D eigenvalue weighted by atomic mass is 10.2. The van der Waals surface area contributed by atoms with Gasteiger partial charge in [0, 0.05) is 10.6 Å². The molecule has 1 heterocycles. The van der Waals surface area contributed by atoms with E-state index in [0.717, 1.165) is 20.5 Å². The fraction of sp³-hybridized carbons (Fsp3) is 0.100. The smallest absolute Gasteiger partial charge is 0.181 e. The molecule has 0 atom stereocenters. The van der Waals surface area contributed by atoms with E-state index in [9.17, 15) is 0 Å². The number of benzene rings is 1. The van der Waals surface area contributed by atoms with E-state index in [4.69, 9.17) is 17.3 Å². The molecular weight excluding hydrogens is 248 g/mol. The summed E-state index contributed by atoms with van der Waals surface area (Å²) in [6, 6.07) is 7.63. The maximum absolute atomic E-state index is 5.83. The minimum absolute atomic E-state index is 0.601. The van der Waals surface area contributed by atoms with E-state index in [0.29, 0.717) is 5.13 Å². The second kappa shape index (κ2) is 4.43. The van der Waals surface area contributed by atoms with Crippen LogP contribution >= 0.6 is 34.7 Å². The number of hydrogen-bond donors (Lipinski definition) is 1. The van der Waals surface area contributed by atoms with E-state index < -0.39 is 0 Å².